The first-order chi connectivity index (χ1) is 12.7. The molecule has 2 aliphatic rings. The third-order valence-corrected chi connectivity index (χ3v) is 5.55. The van der Waals surface area contributed by atoms with Crippen LogP contribution in [0.5, 0.6) is 0 Å². The smallest absolute Gasteiger partial charge is 0.238 e. The van der Waals surface area contributed by atoms with E-state index in [4.69, 9.17) is 0 Å². The molecule has 0 aromatic heterocycles. The van der Waals surface area contributed by atoms with Gasteiger partial charge in [-0.15, -0.1) is 0 Å². The van der Waals surface area contributed by atoms with Gasteiger partial charge in [-0.2, -0.15) is 0 Å². The highest BCUT2D eigenvalue weighted by atomic mass is 16.2. The largest absolute Gasteiger partial charge is 0.369 e. The number of para-hydroxylation sites is 1. The summed E-state index contributed by atoms with van der Waals surface area (Å²) in [5, 5.41) is 3.10. The number of hydrogen-bond donors (Lipinski definition) is 3. The highest BCUT2D eigenvalue weighted by Crippen LogP contribution is 2.28. The van der Waals surface area contributed by atoms with Crippen molar-refractivity contribution >= 4 is 11.6 Å². The lowest BCUT2D eigenvalue weighted by molar-refractivity contribution is -0.123. The Kier molecular flexibility index (Phi) is 4.91. The summed E-state index contributed by atoms with van der Waals surface area (Å²) in [5.74, 6) is 0.251. The fraction of sp³-hybridized carbons (Fsp3) is 0.381. The highest BCUT2D eigenvalue weighted by molar-refractivity contribution is 5.82. The van der Waals surface area contributed by atoms with Gasteiger partial charge in [-0.25, -0.2) is 10.9 Å². The van der Waals surface area contributed by atoms with Crippen molar-refractivity contribution in [2.45, 2.75) is 25.4 Å². The van der Waals surface area contributed by atoms with Crippen LogP contribution in [0, 0.1) is 5.92 Å². The minimum atomic E-state index is -0.217. The SMILES string of the molecule is CC1C(C(=O)NCCN2CCc3ccccc32)NNC1c1ccccc1. The summed E-state index contributed by atoms with van der Waals surface area (Å²) < 4.78 is 0. The normalized spacial score (nSPS) is 24.5. The molecule has 1 amide bonds. The van der Waals surface area contributed by atoms with Crippen molar-refractivity contribution in [3.05, 3.63) is 65.7 Å². The number of nitrogens with one attached hydrogen (secondary N) is 3. The lowest BCUT2D eigenvalue weighted by Crippen LogP contribution is -2.47. The Balaban J connectivity index is 1.29. The van der Waals surface area contributed by atoms with Gasteiger partial charge < -0.3 is 10.2 Å². The molecule has 0 bridgehead atoms. The monoisotopic (exact) mass is 350 g/mol. The molecule has 2 aliphatic heterocycles. The molecule has 1 saturated heterocycles. The van der Waals surface area contributed by atoms with Crippen LogP contribution in [0.3, 0.4) is 0 Å². The summed E-state index contributed by atoms with van der Waals surface area (Å²) in [6.07, 6.45) is 1.09. The van der Waals surface area contributed by atoms with Gasteiger partial charge >= 0.3 is 0 Å². The number of benzene rings is 2. The average Bonchev–Trinajstić information content (AvgIpc) is 3.26. The third-order valence-electron chi connectivity index (χ3n) is 5.55. The van der Waals surface area contributed by atoms with Crippen LogP contribution in [-0.2, 0) is 11.2 Å². The molecule has 2 aromatic carbocycles. The zero-order chi connectivity index (χ0) is 17.9. The Hall–Kier alpha value is -2.37. The van der Waals surface area contributed by atoms with Crippen molar-refractivity contribution in [2.24, 2.45) is 5.92 Å². The Labute approximate surface area is 154 Å². The number of rotatable bonds is 5. The lowest BCUT2D eigenvalue weighted by atomic mass is 9.91. The standard InChI is InChI=1S/C21H26N4O/c1-15-19(17-8-3-2-4-9-17)23-24-20(15)21(26)22-12-14-25-13-11-16-7-5-6-10-18(16)25/h2-10,15,19-20,23-24H,11-14H2,1H3,(H,22,26). The highest BCUT2D eigenvalue weighted by Gasteiger charge is 2.37. The van der Waals surface area contributed by atoms with E-state index in [1.807, 2.05) is 18.2 Å². The Morgan fingerprint density at radius 3 is 2.73 bits per heavy atom. The predicted molar refractivity (Wildman–Crippen MR) is 104 cm³/mol. The van der Waals surface area contributed by atoms with E-state index >= 15 is 0 Å². The van der Waals surface area contributed by atoms with Crippen LogP contribution in [0.25, 0.3) is 0 Å². The van der Waals surface area contributed by atoms with E-state index in [0.29, 0.717) is 6.54 Å². The van der Waals surface area contributed by atoms with E-state index in [0.717, 1.165) is 19.5 Å². The minimum Gasteiger partial charge on any atom is -0.369 e. The fourth-order valence-corrected chi connectivity index (χ4v) is 4.05. The third kappa shape index (κ3) is 3.32. The summed E-state index contributed by atoms with van der Waals surface area (Å²) in [6, 6.07) is 18.7. The fourth-order valence-electron chi connectivity index (χ4n) is 4.05. The number of carbonyl (C=O) groups excluding carboxylic acids is 1. The van der Waals surface area contributed by atoms with Crippen LogP contribution in [0.1, 0.15) is 24.1 Å². The van der Waals surface area contributed by atoms with E-state index in [-0.39, 0.29) is 23.9 Å². The quantitative estimate of drug-likeness (QED) is 0.772. The van der Waals surface area contributed by atoms with Gasteiger partial charge in [-0.1, -0.05) is 55.5 Å². The molecule has 0 radical (unpaired) electrons. The topological polar surface area (TPSA) is 56.4 Å². The molecule has 26 heavy (non-hydrogen) atoms. The van der Waals surface area contributed by atoms with Crippen molar-refractivity contribution in [1.29, 1.82) is 0 Å². The molecule has 3 atom stereocenters. The number of fused-ring (bicyclic) bond motifs is 1. The molecule has 0 aliphatic carbocycles. The molecule has 5 heteroatoms. The maximum absolute atomic E-state index is 12.6. The van der Waals surface area contributed by atoms with Crippen LogP contribution in [0.15, 0.2) is 54.6 Å². The van der Waals surface area contributed by atoms with Gasteiger partial charge in [-0.3, -0.25) is 4.79 Å². The number of hydrazine groups is 1. The number of amides is 1. The van der Waals surface area contributed by atoms with E-state index in [1.165, 1.54) is 16.8 Å². The zero-order valence-electron chi connectivity index (χ0n) is 15.1. The molecule has 3 N–H and O–H groups in total. The second-order valence-electron chi connectivity index (χ2n) is 7.17. The average molecular weight is 350 g/mol. The van der Waals surface area contributed by atoms with Gasteiger partial charge in [0.15, 0.2) is 0 Å². The van der Waals surface area contributed by atoms with Crippen LogP contribution in [0.4, 0.5) is 5.69 Å². The van der Waals surface area contributed by atoms with Gasteiger partial charge in [0.05, 0.1) is 6.04 Å². The Morgan fingerprint density at radius 1 is 1.12 bits per heavy atom. The summed E-state index contributed by atoms with van der Waals surface area (Å²) >= 11 is 0. The number of hydrogen-bond acceptors (Lipinski definition) is 4. The summed E-state index contributed by atoms with van der Waals surface area (Å²) in [6.45, 7) is 4.66. The Bertz CT molecular complexity index is 764. The molecule has 2 heterocycles. The minimum absolute atomic E-state index is 0.0657. The maximum atomic E-state index is 12.6. The second kappa shape index (κ2) is 7.48. The van der Waals surface area contributed by atoms with E-state index in [1.54, 1.807) is 0 Å². The van der Waals surface area contributed by atoms with Crippen molar-refractivity contribution in [2.75, 3.05) is 24.5 Å². The second-order valence-corrected chi connectivity index (χ2v) is 7.17. The number of anilines is 1. The molecule has 2 aromatic rings. The molecular weight excluding hydrogens is 324 g/mol. The number of nitrogens with zero attached hydrogens (tertiary/aromatic N) is 1. The van der Waals surface area contributed by atoms with Gasteiger partial charge in [0.25, 0.3) is 0 Å². The summed E-state index contributed by atoms with van der Waals surface area (Å²) in [5.41, 5.74) is 10.4. The van der Waals surface area contributed by atoms with E-state index in [2.05, 4.69) is 64.4 Å². The summed E-state index contributed by atoms with van der Waals surface area (Å²) in [4.78, 5) is 15.0. The molecule has 5 nitrogen and oxygen atoms in total. The van der Waals surface area contributed by atoms with Gasteiger partial charge in [0.2, 0.25) is 5.91 Å². The van der Waals surface area contributed by atoms with Crippen molar-refractivity contribution < 1.29 is 4.79 Å². The van der Waals surface area contributed by atoms with Gasteiger partial charge in [0, 0.05) is 31.2 Å². The maximum Gasteiger partial charge on any atom is 0.238 e. The molecule has 3 unspecified atom stereocenters. The number of carbonyl (C=O) groups is 1. The zero-order valence-corrected chi connectivity index (χ0v) is 15.1. The molecule has 136 valence electrons. The van der Waals surface area contributed by atoms with Gasteiger partial charge in [-0.05, 0) is 23.6 Å². The first-order valence-corrected chi connectivity index (χ1v) is 9.40. The van der Waals surface area contributed by atoms with Crippen LogP contribution in [0.2, 0.25) is 0 Å². The molecule has 4 rings (SSSR count). The van der Waals surface area contributed by atoms with Crippen LogP contribution < -0.4 is 21.1 Å². The van der Waals surface area contributed by atoms with Crippen LogP contribution in [-0.4, -0.2) is 31.6 Å². The molecular formula is C21H26N4O. The molecule has 0 saturated carbocycles. The van der Waals surface area contributed by atoms with E-state index in [9.17, 15) is 4.79 Å². The predicted octanol–water partition coefficient (Wildman–Crippen LogP) is 2.02. The van der Waals surface area contributed by atoms with E-state index < -0.39 is 0 Å². The van der Waals surface area contributed by atoms with Crippen molar-refractivity contribution in [3.8, 4) is 0 Å². The lowest BCUT2D eigenvalue weighted by Gasteiger charge is -2.21. The molecule has 1 fully saturated rings. The van der Waals surface area contributed by atoms with Crippen molar-refractivity contribution in [3.63, 3.8) is 0 Å². The Morgan fingerprint density at radius 2 is 1.88 bits per heavy atom. The first kappa shape index (κ1) is 17.1. The van der Waals surface area contributed by atoms with Crippen LogP contribution >= 0.6 is 0 Å². The van der Waals surface area contributed by atoms with Crippen molar-refractivity contribution in [1.82, 2.24) is 16.2 Å². The summed E-state index contributed by atoms with van der Waals surface area (Å²) in [7, 11) is 0. The molecule has 0 spiro atoms. The van der Waals surface area contributed by atoms with Gasteiger partial charge in [0.1, 0.15) is 6.04 Å². The first-order valence-electron chi connectivity index (χ1n) is 9.40.